The Bertz CT molecular complexity index is 520. The molecule has 21 heavy (non-hydrogen) atoms. The van der Waals surface area contributed by atoms with Crippen molar-refractivity contribution in [2.45, 2.75) is 25.7 Å². The van der Waals surface area contributed by atoms with Gasteiger partial charge in [-0.1, -0.05) is 6.07 Å². The molecule has 0 spiro atoms. The van der Waals surface area contributed by atoms with Crippen LogP contribution in [0.4, 0.5) is 0 Å². The van der Waals surface area contributed by atoms with Gasteiger partial charge in [-0.05, 0) is 37.3 Å². The monoisotopic (exact) mass is 286 g/mol. The minimum absolute atomic E-state index is 0.519. The van der Waals surface area contributed by atoms with E-state index < -0.39 is 0 Å². The van der Waals surface area contributed by atoms with Crippen LogP contribution in [-0.4, -0.2) is 34.0 Å². The molecular formula is C15H22N6. The second-order valence-corrected chi connectivity index (χ2v) is 4.84. The Balaban J connectivity index is 1.54. The van der Waals surface area contributed by atoms with E-state index in [2.05, 4.69) is 31.3 Å². The molecule has 0 aliphatic heterocycles. The third-order valence-electron chi connectivity index (χ3n) is 3.11. The Kier molecular flexibility index (Phi) is 6.25. The lowest BCUT2D eigenvalue weighted by Crippen LogP contribution is -2.32. The number of imidazole rings is 1. The van der Waals surface area contributed by atoms with Crippen LogP contribution < -0.4 is 11.1 Å². The number of guanidine groups is 1. The van der Waals surface area contributed by atoms with E-state index in [-0.39, 0.29) is 0 Å². The van der Waals surface area contributed by atoms with Crippen molar-refractivity contribution in [1.29, 1.82) is 0 Å². The van der Waals surface area contributed by atoms with Crippen LogP contribution in [0, 0.1) is 0 Å². The van der Waals surface area contributed by atoms with Crippen molar-refractivity contribution in [2.75, 3.05) is 13.1 Å². The molecule has 0 fully saturated rings. The molecule has 0 bridgehead atoms. The van der Waals surface area contributed by atoms with E-state index in [1.807, 2.05) is 18.5 Å². The molecule has 6 heteroatoms. The number of nitrogens with two attached hydrogens (primary N) is 1. The van der Waals surface area contributed by atoms with Gasteiger partial charge in [0.2, 0.25) is 0 Å². The number of aromatic amines is 1. The molecule has 0 amide bonds. The summed E-state index contributed by atoms with van der Waals surface area (Å²) in [5, 5.41) is 3.12. The van der Waals surface area contributed by atoms with E-state index in [4.69, 9.17) is 5.73 Å². The fourth-order valence-electron chi connectivity index (χ4n) is 2.00. The van der Waals surface area contributed by atoms with Crippen LogP contribution in [0.15, 0.2) is 42.0 Å². The van der Waals surface area contributed by atoms with Gasteiger partial charge in [0, 0.05) is 37.4 Å². The summed E-state index contributed by atoms with van der Waals surface area (Å²) in [4.78, 5) is 15.5. The second-order valence-electron chi connectivity index (χ2n) is 4.84. The van der Waals surface area contributed by atoms with Gasteiger partial charge in [-0.25, -0.2) is 4.98 Å². The highest BCUT2D eigenvalue weighted by Gasteiger charge is 1.96. The Hall–Kier alpha value is -2.37. The van der Waals surface area contributed by atoms with Gasteiger partial charge in [0.1, 0.15) is 0 Å². The molecule has 2 rings (SSSR count). The largest absolute Gasteiger partial charge is 0.370 e. The smallest absolute Gasteiger partial charge is 0.188 e. The van der Waals surface area contributed by atoms with Crippen molar-refractivity contribution in [3.63, 3.8) is 0 Å². The average molecular weight is 286 g/mol. The fourth-order valence-corrected chi connectivity index (χ4v) is 2.00. The topological polar surface area (TPSA) is 92.0 Å². The highest BCUT2D eigenvalue weighted by molar-refractivity contribution is 5.77. The minimum Gasteiger partial charge on any atom is -0.370 e. The summed E-state index contributed by atoms with van der Waals surface area (Å²) >= 11 is 0. The van der Waals surface area contributed by atoms with E-state index in [9.17, 15) is 0 Å². The van der Waals surface area contributed by atoms with Crippen molar-refractivity contribution in [3.05, 3.63) is 48.3 Å². The quantitative estimate of drug-likeness (QED) is 0.387. The number of hydrogen-bond donors (Lipinski definition) is 3. The molecule has 4 N–H and O–H groups in total. The molecule has 0 aliphatic carbocycles. The molecule has 0 unspecified atom stereocenters. The summed E-state index contributed by atoms with van der Waals surface area (Å²) in [6.07, 6.45) is 11.1. The maximum Gasteiger partial charge on any atom is 0.188 e. The van der Waals surface area contributed by atoms with Crippen LogP contribution in [0.3, 0.4) is 0 Å². The summed E-state index contributed by atoms with van der Waals surface area (Å²) < 4.78 is 0. The van der Waals surface area contributed by atoms with Gasteiger partial charge in [0.15, 0.2) is 5.96 Å². The first-order chi connectivity index (χ1) is 10.3. The summed E-state index contributed by atoms with van der Waals surface area (Å²) in [5.41, 5.74) is 8.20. The molecule has 2 aromatic rings. The first kappa shape index (κ1) is 15.0. The molecule has 0 aromatic carbocycles. The predicted octanol–water partition coefficient (Wildman–Crippen LogP) is 1.27. The Morgan fingerprint density at radius 1 is 1.24 bits per heavy atom. The zero-order valence-corrected chi connectivity index (χ0v) is 12.1. The first-order valence-corrected chi connectivity index (χ1v) is 7.24. The number of aliphatic imine (C=N–C) groups is 1. The van der Waals surface area contributed by atoms with Crippen LogP contribution in [0.2, 0.25) is 0 Å². The maximum absolute atomic E-state index is 5.82. The first-order valence-electron chi connectivity index (χ1n) is 7.24. The Morgan fingerprint density at radius 3 is 2.95 bits per heavy atom. The zero-order chi connectivity index (χ0) is 14.8. The van der Waals surface area contributed by atoms with E-state index in [0.29, 0.717) is 5.96 Å². The molecule has 0 saturated carbocycles. The molecule has 0 atom stereocenters. The molecule has 6 nitrogen and oxygen atoms in total. The van der Waals surface area contributed by atoms with Crippen LogP contribution in [0.25, 0.3) is 0 Å². The van der Waals surface area contributed by atoms with Crippen molar-refractivity contribution in [1.82, 2.24) is 20.3 Å². The summed E-state index contributed by atoms with van der Waals surface area (Å²) in [7, 11) is 0. The van der Waals surface area contributed by atoms with E-state index >= 15 is 0 Å². The van der Waals surface area contributed by atoms with E-state index in [1.54, 1.807) is 12.5 Å². The third kappa shape index (κ3) is 6.07. The van der Waals surface area contributed by atoms with Crippen LogP contribution in [0.1, 0.15) is 24.1 Å². The summed E-state index contributed by atoms with van der Waals surface area (Å²) in [6.45, 7) is 1.55. The zero-order valence-electron chi connectivity index (χ0n) is 12.1. The SMILES string of the molecule is NC(=NCCCc1cccnc1)NCCCc1cnc[nH]1. The predicted molar refractivity (Wildman–Crippen MR) is 84.0 cm³/mol. The molecule has 2 aromatic heterocycles. The lowest BCUT2D eigenvalue weighted by atomic mass is 10.2. The average Bonchev–Trinajstić information content (AvgIpc) is 3.02. The highest BCUT2D eigenvalue weighted by atomic mass is 15.1. The van der Waals surface area contributed by atoms with Gasteiger partial charge < -0.3 is 16.0 Å². The Labute approximate surface area is 124 Å². The van der Waals surface area contributed by atoms with E-state index in [0.717, 1.165) is 44.5 Å². The number of aromatic nitrogens is 3. The number of pyridine rings is 1. The molecule has 0 aliphatic rings. The molecule has 2 heterocycles. The number of hydrogen-bond acceptors (Lipinski definition) is 3. The van der Waals surface area contributed by atoms with Crippen LogP contribution in [-0.2, 0) is 12.8 Å². The fraction of sp³-hybridized carbons (Fsp3) is 0.400. The van der Waals surface area contributed by atoms with E-state index in [1.165, 1.54) is 5.56 Å². The van der Waals surface area contributed by atoms with Crippen molar-refractivity contribution < 1.29 is 0 Å². The van der Waals surface area contributed by atoms with Gasteiger partial charge in [-0.2, -0.15) is 0 Å². The number of nitrogens with zero attached hydrogens (tertiary/aromatic N) is 3. The highest BCUT2D eigenvalue weighted by Crippen LogP contribution is 2.00. The van der Waals surface area contributed by atoms with Gasteiger partial charge >= 0.3 is 0 Å². The van der Waals surface area contributed by atoms with Gasteiger partial charge in [-0.15, -0.1) is 0 Å². The van der Waals surface area contributed by atoms with Crippen molar-refractivity contribution >= 4 is 5.96 Å². The van der Waals surface area contributed by atoms with Gasteiger partial charge in [0.25, 0.3) is 0 Å². The minimum atomic E-state index is 0.519. The third-order valence-corrected chi connectivity index (χ3v) is 3.11. The van der Waals surface area contributed by atoms with Crippen molar-refractivity contribution in [3.8, 4) is 0 Å². The van der Waals surface area contributed by atoms with Crippen LogP contribution >= 0.6 is 0 Å². The number of H-pyrrole nitrogens is 1. The lowest BCUT2D eigenvalue weighted by molar-refractivity contribution is 0.750. The standard InChI is InChI=1S/C15H22N6/c16-15(20-9-3-6-14-11-18-12-21-14)19-8-2-5-13-4-1-7-17-10-13/h1,4,7,10-12H,2-3,5-6,8-9H2,(H,18,21)(H3,16,19,20). The Morgan fingerprint density at radius 2 is 2.19 bits per heavy atom. The maximum atomic E-state index is 5.82. The van der Waals surface area contributed by atoms with Gasteiger partial charge in [0.05, 0.1) is 6.33 Å². The molecule has 112 valence electrons. The molecule has 0 radical (unpaired) electrons. The molecule has 0 saturated heterocycles. The van der Waals surface area contributed by atoms with Crippen molar-refractivity contribution in [2.24, 2.45) is 10.7 Å². The van der Waals surface area contributed by atoms with Crippen LogP contribution in [0.5, 0.6) is 0 Å². The second kappa shape index (κ2) is 8.73. The lowest BCUT2D eigenvalue weighted by Gasteiger charge is -2.05. The number of aryl methyl sites for hydroxylation is 2. The number of nitrogens with one attached hydrogen (secondary N) is 2. The summed E-state index contributed by atoms with van der Waals surface area (Å²) in [6, 6.07) is 4.03. The number of rotatable bonds is 8. The summed E-state index contributed by atoms with van der Waals surface area (Å²) in [5.74, 6) is 0.519. The normalized spacial score (nSPS) is 11.5. The van der Waals surface area contributed by atoms with Gasteiger partial charge in [-0.3, -0.25) is 9.98 Å². The molecular weight excluding hydrogens is 264 g/mol.